The van der Waals surface area contributed by atoms with Gasteiger partial charge in [0.25, 0.3) is 5.91 Å². The Morgan fingerprint density at radius 1 is 1.64 bits per heavy atom. The van der Waals surface area contributed by atoms with E-state index < -0.39 is 4.21 Å². The number of halogens is 2. The Balaban J connectivity index is 2.61. The Bertz CT molecular complexity index is 412. The number of fused-ring (bicyclic) bond motifs is 1. The minimum atomic E-state index is -1.09. The van der Waals surface area contributed by atoms with E-state index in [1.54, 1.807) is 12.3 Å². The Morgan fingerprint density at radius 3 is 3.00 bits per heavy atom. The molecule has 74 valence electrons. The second-order valence-electron chi connectivity index (χ2n) is 2.80. The third-order valence-electron chi connectivity index (χ3n) is 2.01. The van der Waals surface area contributed by atoms with Crippen molar-refractivity contribution in [3.63, 3.8) is 0 Å². The van der Waals surface area contributed by atoms with E-state index in [2.05, 4.69) is 10.3 Å². The molecule has 1 amide bonds. The number of hydrogen-bond donors (Lipinski definition) is 1. The molecule has 2 heterocycles. The number of carbonyl (C=O) groups is 1. The van der Waals surface area contributed by atoms with Gasteiger partial charge in [-0.05, 0) is 12.3 Å². The number of anilines is 1. The summed E-state index contributed by atoms with van der Waals surface area (Å²) in [5.74, 6) is 0.222. The highest BCUT2D eigenvalue weighted by molar-refractivity contribution is 8.01. The van der Waals surface area contributed by atoms with Gasteiger partial charge in [-0.2, -0.15) is 0 Å². The molecule has 0 radical (unpaired) electrons. The lowest BCUT2D eigenvalue weighted by atomic mass is 10.2. The standard InChI is InChI=1S/C8H6Cl2N2OS/c1-14-8(10)5-2-4(9)3-11-6(5)12-7(8)13/h2-3H,1H3,(H,11,12,13). The Hall–Kier alpha value is -0.450. The van der Waals surface area contributed by atoms with Crippen LogP contribution in [-0.2, 0) is 9.00 Å². The van der Waals surface area contributed by atoms with Crippen LogP contribution >= 0.6 is 35.0 Å². The summed E-state index contributed by atoms with van der Waals surface area (Å²) in [4.78, 5) is 15.5. The van der Waals surface area contributed by atoms with Gasteiger partial charge in [0.05, 0.1) is 5.02 Å². The summed E-state index contributed by atoms with van der Waals surface area (Å²) in [6.45, 7) is 0. The maximum atomic E-state index is 11.5. The highest BCUT2D eigenvalue weighted by Crippen LogP contribution is 2.47. The van der Waals surface area contributed by atoms with E-state index >= 15 is 0 Å². The van der Waals surface area contributed by atoms with Gasteiger partial charge in [-0.25, -0.2) is 4.98 Å². The van der Waals surface area contributed by atoms with Gasteiger partial charge in [0.15, 0.2) is 4.21 Å². The van der Waals surface area contributed by atoms with E-state index in [4.69, 9.17) is 23.2 Å². The molecule has 6 heteroatoms. The number of aromatic nitrogens is 1. The SMILES string of the molecule is CSC1(Cl)C(=O)Nc2ncc(Cl)cc21. The molecule has 1 aromatic heterocycles. The fourth-order valence-electron chi connectivity index (χ4n) is 1.30. The van der Waals surface area contributed by atoms with Crippen LogP contribution in [0.15, 0.2) is 12.3 Å². The Labute approximate surface area is 95.2 Å². The lowest BCUT2D eigenvalue weighted by molar-refractivity contribution is -0.116. The van der Waals surface area contributed by atoms with E-state index in [0.29, 0.717) is 16.4 Å². The normalized spacial score (nSPS) is 24.6. The lowest BCUT2D eigenvalue weighted by Crippen LogP contribution is -2.23. The average Bonchev–Trinajstić information content (AvgIpc) is 2.41. The number of carbonyl (C=O) groups excluding carboxylic acids is 1. The molecule has 1 aliphatic rings. The van der Waals surface area contributed by atoms with Crippen LogP contribution in [-0.4, -0.2) is 17.1 Å². The van der Waals surface area contributed by atoms with Crippen LogP contribution < -0.4 is 5.32 Å². The summed E-state index contributed by atoms with van der Waals surface area (Å²) in [6, 6.07) is 1.66. The van der Waals surface area contributed by atoms with Crippen molar-refractivity contribution < 1.29 is 4.79 Å². The molecule has 0 aliphatic carbocycles. The lowest BCUT2D eigenvalue weighted by Gasteiger charge is -2.15. The summed E-state index contributed by atoms with van der Waals surface area (Å²) < 4.78 is -1.09. The Kier molecular flexibility index (Phi) is 2.37. The monoisotopic (exact) mass is 248 g/mol. The van der Waals surface area contributed by atoms with Crippen molar-refractivity contribution in [2.45, 2.75) is 4.21 Å². The number of thioether (sulfide) groups is 1. The molecule has 3 nitrogen and oxygen atoms in total. The van der Waals surface area contributed by atoms with E-state index in [1.807, 2.05) is 0 Å². The number of pyridine rings is 1. The molecule has 0 saturated carbocycles. The molecule has 0 aromatic carbocycles. The first-order valence-electron chi connectivity index (χ1n) is 3.79. The summed E-state index contributed by atoms with van der Waals surface area (Å²) in [7, 11) is 0. The number of rotatable bonds is 1. The molecule has 0 spiro atoms. The summed E-state index contributed by atoms with van der Waals surface area (Å²) in [5, 5.41) is 3.08. The van der Waals surface area contributed by atoms with Crippen molar-refractivity contribution in [2.24, 2.45) is 0 Å². The maximum absolute atomic E-state index is 11.5. The second-order valence-corrected chi connectivity index (χ2v) is 5.05. The first-order valence-corrected chi connectivity index (χ1v) is 5.77. The van der Waals surface area contributed by atoms with Crippen molar-refractivity contribution in [3.05, 3.63) is 22.8 Å². The first kappa shape index (κ1) is 10.1. The van der Waals surface area contributed by atoms with Gasteiger partial charge in [-0.3, -0.25) is 4.79 Å². The molecule has 1 N–H and O–H groups in total. The Morgan fingerprint density at radius 2 is 2.36 bits per heavy atom. The highest BCUT2D eigenvalue weighted by atomic mass is 35.5. The highest BCUT2D eigenvalue weighted by Gasteiger charge is 2.45. The molecule has 1 atom stereocenters. The molecular weight excluding hydrogens is 243 g/mol. The molecule has 1 aliphatic heterocycles. The van der Waals surface area contributed by atoms with Crippen molar-refractivity contribution in [1.29, 1.82) is 0 Å². The van der Waals surface area contributed by atoms with E-state index in [0.717, 1.165) is 0 Å². The topological polar surface area (TPSA) is 42.0 Å². The van der Waals surface area contributed by atoms with Gasteiger partial charge < -0.3 is 5.32 Å². The predicted molar refractivity (Wildman–Crippen MR) is 58.9 cm³/mol. The van der Waals surface area contributed by atoms with Crippen LogP contribution in [0.25, 0.3) is 0 Å². The van der Waals surface area contributed by atoms with Gasteiger partial charge in [0, 0.05) is 11.8 Å². The molecule has 14 heavy (non-hydrogen) atoms. The van der Waals surface area contributed by atoms with E-state index in [9.17, 15) is 4.79 Å². The molecule has 0 saturated heterocycles. The molecule has 2 rings (SSSR count). The fraction of sp³-hybridized carbons (Fsp3) is 0.250. The zero-order valence-electron chi connectivity index (χ0n) is 7.17. The summed E-state index contributed by atoms with van der Waals surface area (Å²) in [6.07, 6.45) is 3.24. The quantitative estimate of drug-likeness (QED) is 0.777. The van der Waals surface area contributed by atoms with E-state index in [1.165, 1.54) is 18.0 Å². The summed E-state index contributed by atoms with van der Waals surface area (Å²) in [5.41, 5.74) is 0.629. The number of nitrogens with one attached hydrogen (secondary N) is 1. The molecular formula is C8H6Cl2N2OS. The molecule has 1 unspecified atom stereocenters. The number of nitrogens with zero attached hydrogens (tertiary/aromatic N) is 1. The third-order valence-corrected chi connectivity index (χ3v) is 4.02. The van der Waals surface area contributed by atoms with Crippen molar-refractivity contribution >= 4 is 46.7 Å². The van der Waals surface area contributed by atoms with Crippen molar-refractivity contribution in [1.82, 2.24) is 4.98 Å². The van der Waals surface area contributed by atoms with Crippen LogP contribution in [0.1, 0.15) is 5.56 Å². The zero-order valence-corrected chi connectivity index (χ0v) is 9.50. The minimum Gasteiger partial charge on any atom is -0.308 e. The number of amides is 1. The third kappa shape index (κ3) is 1.29. The van der Waals surface area contributed by atoms with Crippen LogP contribution in [0.2, 0.25) is 5.02 Å². The number of hydrogen-bond acceptors (Lipinski definition) is 3. The molecule has 1 aromatic rings. The zero-order chi connectivity index (χ0) is 10.3. The van der Waals surface area contributed by atoms with Crippen LogP contribution in [0.3, 0.4) is 0 Å². The van der Waals surface area contributed by atoms with Gasteiger partial charge >= 0.3 is 0 Å². The van der Waals surface area contributed by atoms with E-state index in [-0.39, 0.29) is 5.91 Å². The fourth-order valence-corrected chi connectivity index (χ4v) is 2.26. The predicted octanol–water partition coefficient (Wildman–Crippen LogP) is 2.44. The average molecular weight is 249 g/mol. The minimum absolute atomic E-state index is 0.267. The second kappa shape index (κ2) is 3.29. The number of alkyl halides is 1. The van der Waals surface area contributed by atoms with Crippen molar-refractivity contribution in [2.75, 3.05) is 11.6 Å². The van der Waals surface area contributed by atoms with Crippen LogP contribution in [0.5, 0.6) is 0 Å². The maximum Gasteiger partial charge on any atom is 0.261 e. The van der Waals surface area contributed by atoms with Gasteiger partial charge in [-0.15, -0.1) is 11.8 Å². The molecule has 0 fully saturated rings. The largest absolute Gasteiger partial charge is 0.308 e. The van der Waals surface area contributed by atoms with Crippen molar-refractivity contribution in [3.8, 4) is 0 Å². The van der Waals surface area contributed by atoms with Gasteiger partial charge in [0.1, 0.15) is 5.82 Å². The van der Waals surface area contributed by atoms with Gasteiger partial charge in [-0.1, -0.05) is 23.2 Å². The molecule has 0 bridgehead atoms. The van der Waals surface area contributed by atoms with Crippen LogP contribution in [0.4, 0.5) is 5.82 Å². The summed E-state index contributed by atoms with van der Waals surface area (Å²) >= 11 is 13.2. The first-order chi connectivity index (χ1) is 6.58. The van der Waals surface area contributed by atoms with Gasteiger partial charge in [0.2, 0.25) is 0 Å². The van der Waals surface area contributed by atoms with Crippen LogP contribution in [0, 0.1) is 0 Å². The smallest absolute Gasteiger partial charge is 0.261 e.